The molecular formula is C8H8S. The maximum absolute atomic E-state index is 3.01. The van der Waals surface area contributed by atoms with Crippen molar-refractivity contribution < 1.29 is 0 Å². The molecule has 0 fully saturated rings. The highest BCUT2D eigenvalue weighted by atomic mass is 32.1. The van der Waals surface area contributed by atoms with Crippen LogP contribution in [0.2, 0.25) is 0 Å². The van der Waals surface area contributed by atoms with Crippen molar-refractivity contribution in [1.82, 2.24) is 0 Å². The van der Waals surface area contributed by atoms with Crippen LogP contribution in [0, 0.1) is 11.8 Å². The van der Waals surface area contributed by atoms with Crippen LogP contribution in [0.25, 0.3) is 0 Å². The van der Waals surface area contributed by atoms with Crippen LogP contribution in [-0.2, 0) is 6.42 Å². The van der Waals surface area contributed by atoms with Crippen LogP contribution in [0.3, 0.4) is 0 Å². The first kappa shape index (κ1) is 6.38. The fourth-order valence-corrected chi connectivity index (χ4v) is 1.25. The lowest BCUT2D eigenvalue weighted by Crippen LogP contribution is -1.71. The summed E-state index contributed by atoms with van der Waals surface area (Å²) in [5.74, 6) is 5.87. The Morgan fingerprint density at radius 3 is 3.11 bits per heavy atom. The molecule has 0 atom stereocenters. The summed E-state index contributed by atoms with van der Waals surface area (Å²) < 4.78 is 0. The van der Waals surface area contributed by atoms with E-state index in [-0.39, 0.29) is 0 Å². The molecule has 0 aromatic carbocycles. The zero-order valence-electron chi connectivity index (χ0n) is 5.35. The topological polar surface area (TPSA) is 0 Å². The minimum Gasteiger partial charge on any atom is -0.152 e. The Morgan fingerprint density at radius 1 is 1.67 bits per heavy atom. The lowest BCUT2D eigenvalue weighted by Gasteiger charge is -1.80. The molecular weight excluding hydrogens is 128 g/mol. The fraction of sp³-hybridized carbons (Fsp3) is 0.250. The molecule has 0 aliphatic rings. The van der Waals surface area contributed by atoms with Crippen molar-refractivity contribution >= 4 is 11.3 Å². The van der Waals surface area contributed by atoms with Crippen molar-refractivity contribution in [1.29, 1.82) is 0 Å². The summed E-state index contributed by atoms with van der Waals surface area (Å²) >= 11 is 1.72. The summed E-state index contributed by atoms with van der Waals surface area (Å²) in [4.78, 5) is 0. The molecule has 0 saturated heterocycles. The predicted molar refractivity (Wildman–Crippen MR) is 41.5 cm³/mol. The average molecular weight is 136 g/mol. The molecule has 0 radical (unpaired) electrons. The molecule has 0 aliphatic heterocycles. The molecule has 1 heteroatoms. The van der Waals surface area contributed by atoms with Crippen LogP contribution in [0.5, 0.6) is 0 Å². The summed E-state index contributed by atoms with van der Waals surface area (Å²) in [7, 11) is 0. The summed E-state index contributed by atoms with van der Waals surface area (Å²) in [5, 5.41) is 4.21. The van der Waals surface area contributed by atoms with E-state index < -0.39 is 0 Å². The normalized spacial score (nSPS) is 8.11. The minimum atomic E-state index is 0.903. The molecule has 0 bridgehead atoms. The first-order valence-electron chi connectivity index (χ1n) is 2.84. The predicted octanol–water partition coefficient (Wildman–Crippen LogP) is 2.31. The maximum Gasteiger partial charge on any atom is 0.0348 e. The highest BCUT2D eigenvalue weighted by molar-refractivity contribution is 7.07. The quantitative estimate of drug-likeness (QED) is 0.520. The molecule has 1 heterocycles. The van der Waals surface area contributed by atoms with E-state index in [1.807, 2.05) is 6.92 Å². The standard InChI is InChI=1S/C8H8S/c1-2-3-4-8-5-6-9-7-8/h5-7H,4H2,1H3. The van der Waals surface area contributed by atoms with Gasteiger partial charge in [-0.2, -0.15) is 11.3 Å². The summed E-state index contributed by atoms with van der Waals surface area (Å²) in [5.41, 5.74) is 1.33. The third kappa shape index (κ3) is 1.91. The average Bonchev–Trinajstić information content (AvgIpc) is 2.34. The van der Waals surface area contributed by atoms with Gasteiger partial charge in [-0.15, -0.1) is 5.92 Å². The summed E-state index contributed by atoms with van der Waals surface area (Å²) in [6.07, 6.45) is 0.903. The zero-order chi connectivity index (χ0) is 6.53. The van der Waals surface area contributed by atoms with Crippen molar-refractivity contribution in [3.63, 3.8) is 0 Å². The highest BCUT2D eigenvalue weighted by Gasteiger charge is 1.85. The zero-order valence-corrected chi connectivity index (χ0v) is 6.16. The number of hydrogen-bond acceptors (Lipinski definition) is 1. The van der Waals surface area contributed by atoms with Crippen molar-refractivity contribution in [3.8, 4) is 11.8 Å². The molecule has 0 spiro atoms. The Labute approximate surface area is 59.5 Å². The molecule has 0 nitrogen and oxygen atoms in total. The lowest BCUT2D eigenvalue weighted by atomic mass is 10.2. The highest BCUT2D eigenvalue weighted by Crippen LogP contribution is 2.05. The molecule has 9 heavy (non-hydrogen) atoms. The van der Waals surface area contributed by atoms with Gasteiger partial charge in [0, 0.05) is 6.42 Å². The van der Waals surface area contributed by atoms with Gasteiger partial charge in [0.2, 0.25) is 0 Å². The van der Waals surface area contributed by atoms with Crippen LogP contribution in [-0.4, -0.2) is 0 Å². The van der Waals surface area contributed by atoms with Crippen molar-refractivity contribution in [3.05, 3.63) is 22.4 Å². The van der Waals surface area contributed by atoms with Crippen LogP contribution in [0.15, 0.2) is 16.8 Å². The Bertz CT molecular complexity index is 210. The van der Waals surface area contributed by atoms with E-state index in [0.717, 1.165) is 6.42 Å². The van der Waals surface area contributed by atoms with E-state index in [4.69, 9.17) is 0 Å². The monoisotopic (exact) mass is 136 g/mol. The lowest BCUT2D eigenvalue weighted by molar-refractivity contribution is 1.35. The minimum absolute atomic E-state index is 0.903. The van der Waals surface area contributed by atoms with E-state index in [2.05, 4.69) is 28.7 Å². The van der Waals surface area contributed by atoms with E-state index in [0.29, 0.717) is 0 Å². The smallest absolute Gasteiger partial charge is 0.0348 e. The van der Waals surface area contributed by atoms with Gasteiger partial charge in [-0.1, -0.05) is 5.92 Å². The van der Waals surface area contributed by atoms with Gasteiger partial charge in [-0.05, 0) is 29.3 Å². The van der Waals surface area contributed by atoms with Gasteiger partial charge in [0.25, 0.3) is 0 Å². The molecule has 1 rings (SSSR count). The van der Waals surface area contributed by atoms with E-state index in [1.54, 1.807) is 11.3 Å². The van der Waals surface area contributed by atoms with Gasteiger partial charge in [-0.3, -0.25) is 0 Å². The second-order valence-electron chi connectivity index (χ2n) is 1.74. The molecule has 46 valence electrons. The molecule has 0 amide bonds. The Hall–Kier alpha value is -0.740. The molecule has 0 aliphatic carbocycles. The maximum atomic E-state index is 3.01. The van der Waals surface area contributed by atoms with E-state index in [9.17, 15) is 0 Å². The van der Waals surface area contributed by atoms with Crippen molar-refractivity contribution in [2.75, 3.05) is 0 Å². The van der Waals surface area contributed by atoms with Crippen molar-refractivity contribution in [2.24, 2.45) is 0 Å². The second-order valence-corrected chi connectivity index (χ2v) is 2.52. The van der Waals surface area contributed by atoms with Crippen LogP contribution >= 0.6 is 11.3 Å². The fourth-order valence-electron chi connectivity index (χ4n) is 0.584. The van der Waals surface area contributed by atoms with Crippen LogP contribution < -0.4 is 0 Å². The molecule has 1 aromatic rings. The molecule has 1 aromatic heterocycles. The van der Waals surface area contributed by atoms with E-state index >= 15 is 0 Å². The number of rotatable bonds is 1. The number of thiophene rings is 1. The Morgan fingerprint density at radius 2 is 2.56 bits per heavy atom. The largest absolute Gasteiger partial charge is 0.152 e. The van der Waals surface area contributed by atoms with Gasteiger partial charge in [0.1, 0.15) is 0 Å². The third-order valence-corrected chi connectivity index (χ3v) is 1.78. The number of hydrogen-bond donors (Lipinski definition) is 0. The van der Waals surface area contributed by atoms with Gasteiger partial charge < -0.3 is 0 Å². The second kappa shape index (κ2) is 3.32. The van der Waals surface area contributed by atoms with Crippen molar-refractivity contribution in [2.45, 2.75) is 13.3 Å². The van der Waals surface area contributed by atoms with Crippen LogP contribution in [0.1, 0.15) is 12.5 Å². The molecule has 0 saturated carbocycles. The van der Waals surface area contributed by atoms with Crippen LogP contribution in [0.4, 0.5) is 0 Å². The summed E-state index contributed by atoms with van der Waals surface area (Å²) in [6, 6.07) is 2.11. The summed E-state index contributed by atoms with van der Waals surface area (Å²) in [6.45, 7) is 1.87. The Kier molecular flexibility index (Phi) is 2.35. The molecule has 0 N–H and O–H groups in total. The first-order chi connectivity index (χ1) is 4.43. The Balaban J connectivity index is 2.54. The van der Waals surface area contributed by atoms with Gasteiger partial charge in [0.05, 0.1) is 0 Å². The molecule has 0 unspecified atom stereocenters. The SMILES string of the molecule is CC#CCc1ccsc1. The third-order valence-electron chi connectivity index (χ3n) is 1.05. The first-order valence-corrected chi connectivity index (χ1v) is 3.78. The van der Waals surface area contributed by atoms with Gasteiger partial charge >= 0.3 is 0 Å². The van der Waals surface area contributed by atoms with E-state index in [1.165, 1.54) is 5.56 Å². The van der Waals surface area contributed by atoms with Gasteiger partial charge in [-0.25, -0.2) is 0 Å². The van der Waals surface area contributed by atoms with Gasteiger partial charge in [0.15, 0.2) is 0 Å².